The second-order valence-electron chi connectivity index (χ2n) is 8.88. The summed E-state index contributed by atoms with van der Waals surface area (Å²) in [5.74, 6) is 0.518. The predicted octanol–water partition coefficient (Wildman–Crippen LogP) is 4.85. The van der Waals surface area contributed by atoms with Gasteiger partial charge in [-0.25, -0.2) is 4.39 Å². The molecule has 0 atom stereocenters. The molecule has 158 valence electrons. The molecule has 1 amide bonds. The topological polar surface area (TPSA) is 71.3 Å². The molecule has 2 aromatic rings. The predicted molar refractivity (Wildman–Crippen MR) is 112 cm³/mol. The molecular formula is C22H31FN4O2. The molecule has 1 saturated carbocycles. The van der Waals surface area contributed by atoms with Gasteiger partial charge in [0.2, 0.25) is 11.8 Å². The molecular weight excluding hydrogens is 371 g/mol. The molecule has 0 spiro atoms. The molecule has 6 nitrogen and oxygen atoms in total. The summed E-state index contributed by atoms with van der Waals surface area (Å²) in [6.07, 6.45) is 6.39. The van der Waals surface area contributed by atoms with E-state index in [0.717, 1.165) is 12.8 Å². The van der Waals surface area contributed by atoms with Crippen LogP contribution in [-0.2, 0) is 16.6 Å². The van der Waals surface area contributed by atoms with Gasteiger partial charge in [0.05, 0.1) is 5.69 Å². The number of carbonyl (C=O) groups is 1. The van der Waals surface area contributed by atoms with Crippen molar-refractivity contribution in [3.8, 4) is 0 Å². The van der Waals surface area contributed by atoms with Crippen molar-refractivity contribution in [2.45, 2.75) is 77.2 Å². The number of carbonyl (C=O) groups excluding carboxylic acids is 1. The van der Waals surface area contributed by atoms with Crippen molar-refractivity contribution >= 4 is 17.3 Å². The van der Waals surface area contributed by atoms with Crippen molar-refractivity contribution in [1.29, 1.82) is 0 Å². The van der Waals surface area contributed by atoms with Crippen molar-refractivity contribution in [2.75, 3.05) is 17.3 Å². The average molecular weight is 403 g/mol. The van der Waals surface area contributed by atoms with E-state index in [2.05, 4.69) is 15.5 Å². The second-order valence-corrected chi connectivity index (χ2v) is 8.88. The maximum atomic E-state index is 14.6. The average Bonchev–Trinajstić information content (AvgIpc) is 3.16. The highest BCUT2D eigenvalue weighted by Gasteiger charge is 2.22. The number of amides is 1. The highest BCUT2D eigenvalue weighted by Crippen LogP contribution is 2.29. The Balaban J connectivity index is 1.55. The lowest BCUT2D eigenvalue weighted by Gasteiger charge is -2.33. The van der Waals surface area contributed by atoms with Crippen molar-refractivity contribution in [2.24, 2.45) is 0 Å². The van der Waals surface area contributed by atoms with Gasteiger partial charge < -0.3 is 14.7 Å². The molecule has 0 radical (unpaired) electrons. The first kappa shape index (κ1) is 21.3. The summed E-state index contributed by atoms with van der Waals surface area (Å²) in [5, 5.41) is 6.70. The van der Waals surface area contributed by atoms with Crippen LogP contribution in [0.15, 0.2) is 22.7 Å². The SMILES string of the molecule is CN(c1ccc(NC(=O)CCc2nc(C(C)(C)C)no2)cc1F)C1CCCCC1. The number of aryl methyl sites for hydroxylation is 1. The van der Waals surface area contributed by atoms with Gasteiger partial charge in [-0.15, -0.1) is 0 Å². The van der Waals surface area contributed by atoms with E-state index >= 15 is 0 Å². The molecule has 1 heterocycles. The van der Waals surface area contributed by atoms with E-state index in [1.165, 1.54) is 25.3 Å². The number of rotatable bonds is 6. The smallest absolute Gasteiger partial charge is 0.227 e. The Bertz CT molecular complexity index is 838. The van der Waals surface area contributed by atoms with Crippen LogP contribution < -0.4 is 10.2 Å². The summed E-state index contributed by atoms with van der Waals surface area (Å²) in [5.41, 5.74) is 0.832. The fraction of sp³-hybridized carbons (Fsp3) is 0.591. The molecule has 29 heavy (non-hydrogen) atoms. The van der Waals surface area contributed by atoms with E-state index in [9.17, 15) is 9.18 Å². The Hall–Kier alpha value is -2.44. The molecule has 1 aromatic heterocycles. The van der Waals surface area contributed by atoms with Crippen LogP contribution in [0.1, 0.15) is 71.0 Å². The number of nitrogens with zero attached hydrogens (tertiary/aromatic N) is 3. The number of benzene rings is 1. The molecule has 1 aromatic carbocycles. The molecule has 1 fully saturated rings. The summed E-state index contributed by atoms with van der Waals surface area (Å²) in [6.45, 7) is 5.99. The van der Waals surface area contributed by atoms with Crippen LogP contribution in [0.5, 0.6) is 0 Å². The van der Waals surface area contributed by atoms with Gasteiger partial charge in [-0.05, 0) is 31.0 Å². The van der Waals surface area contributed by atoms with E-state index < -0.39 is 0 Å². The summed E-state index contributed by atoms with van der Waals surface area (Å²) in [6, 6.07) is 5.26. The van der Waals surface area contributed by atoms with Crippen molar-refractivity contribution in [1.82, 2.24) is 10.1 Å². The lowest BCUT2D eigenvalue weighted by atomic mass is 9.94. The highest BCUT2D eigenvalue weighted by atomic mass is 19.1. The second kappa shape index (κ2) is 8.93. The monoisotopic (exact) mass is 402 g/mol. The van der Waals surface area contributed by atoms with Gasteiger partial charge in [-0.1, -0.05) is 45.2 Å². The van der Waals surface area contributed by atoms with E-state index in [1.54, 1.807) is 12.1 Å². The quantitative estimate of drug-likeness (QED) is 0.748. The Morgan fingerprint density at radius 3 is 2.62 bits per heavy atom. The normalized spacial score (nSPS) is 15.3. The fourth-order valence-corrected chi connectivity index (χ4v) is 3.64. The minimum atomic E-state index is -0.317. The zero-order valence-electron chi connectivity index (χ0n) is 17.8. The molecule has 0 unspecified atom stereocenters. The molecule has 1 N–H and O–H groups in total. The van der Waals surface area contributed by atoms with E-state index in [0.29, 0.717) is 35.6 Å². The van der Waals surface area contributed by atoms with Gasteiger partial charge in [0, 0.05) is 37.0 Å². The molecule has 0 saturated heterocycles. The molecule has 0 bridgehead atoms. The minimum Gasteiger partial charge on any atom is -0.369 e. The van der Waals surface area contributed by atoms with Crippen LogP contribution >= 0.6 is 0 Å². The number of aromatic nitrogens is 2. The highest BCUT2D eigenvalue weighted by molar-refractivity contribution is 5.91. The first-order valence-electron chi connectivity index (χ1n) is 10.4. The summed E-state index contributed by atoms with van der Waals surface area (Å²) in [7, 11) is 1.95. The number of hydrogen-bond acceptors (Lipinski definition) is 5. The number of anilines is 2. The van der Waals surface area contributed by atoms with E-state index in [-0.39, 0.29) is 23.6 Å². The molecule has 1 aliphatic carbocycles. The van der Waals surface area contributed by atoms with Gasteiger partial charge in [0.25, 0.3) is 0 Å². The van der Waals surface area contributed by atoms with E-state index in [1.807, 2.05) is 32.7 Å². The van der Waals surface area contributed by atoms with Crippen LogP contribution in [0.25, 0.3) is 0 Å². The number of hydrogen-bond donors (Lipinski definition) is 1. The zero-order valence-corrected chi connectivity index (χ0v) is 17.8. The van der Waals surface area contributed by atoms with Gasteiger partial charge >= 0.3 is 0 Å². The van der Waals surface area contributed by atoms with Crippen LogP contribution in [-0.4, -0.2) is 29.1 Å². The van der Waals surface area contributed by atoms with Crippen molar-refractivity contribution in [3.05, 3.63) is 35.7 Å². The standard InChI is InChI=1S/C22H31FN4O2/c1-22(2,3)21-25-20(29-26-21)13-12-19(28)24-15-10-11-18(17(23)14-15)27(4)16-8-6-5-7-9-16/h10-11,14,16H,5-9,12-13H2,1-4H3,(H,24,28). The third-order valence-corrected chi connectivity index (χ3v) is 5.44. The summed E-state index contributed by atoms with van der Waals surface area (Å²) >= 11 is 0. The van der Waals surface area contributed by atoms with Crippen LogP contribution in [0.4, 0.5) is 15.8 Å². The van der Waals surface area contributed by atoms with Gasteiger partial charge in [-0.2, -0.15) is 4.98 Å². The number of nitrogens with one attached hydrogen (secondary N) is 1. The Kier molecular flexibility index (Phi) is 6.55. The lowest BCUT2D eigenvalue weighted by Crippen LogP contribution is -2.33. The maximum Gasteiger partial charge on any atom is 0.227 e. The van der Waals surface area contributed by atoms with E-state index in [4.69, 9.17) is 4.52 Å². The first-order valence-corrected chi connectivity index (χ1v) is 10.4. The van der Waals surface area contributed by atoms with Gasteiger partial charge in [-0.3, -0.25) is 4.79 Å². The fourth-order valence-electron chi connectivity index (χ4n) is 3.64. The molecule has 1 aliphatic rings. The van der Waals surface area contributed by atoms with Gasteiger partial charge in [0.1, 0.15) is 5.82 Å². The van der Waals surface area contributed by atoms with Gasteiger partial charge in [0.15, 0.2) is 5.82 Å². The van der Waals surface area contributed by atoms with Crippen LogP contribution in [0, 0.1) is 5.82 Å². The molecule has 3 rings (SSSR count). The zero-order chi connectivity index (χ0) is 21.0. The van der Waals surface area contributed by atoms with Crippen LogP contribution in [0.2, 0.25) is 0 Å². The van der Waals surface area contributed by atoms with Crippen molar-refractivity contribution < 1.29 is 13.7 Å². The van der Waals surface area contributed by atoms with Crippen LogP contribution in [0.3, 0.4) is 0 Å². The maximum absolute atomic E-state index is 14.6. The third kappa shape index (κ3) is 5.55. The first-order chi connectivity index (χ1) is 13.7. The largest absolute Gasteiger partial charge is 0.369 e. The molecule has 0 aliphatic heterocycles. The Morgan fingerprint density at radius 1 is 1.28 bits per heavy atom. The lowest BCUT2D eigenvalue weighted by molar-refractivity contribution is -0.116. The van der Waals surface area contributed by atoms with Crippen molar-refractivity contribution in [3.63, 3.8) is 0 Å². The third-order valence-electron chi connectivity index (χ3n) is 5.44. The Morgan fingerprint density at radius 2 is 2.00 bits per heavy atom. The Labute approximate surface area is 171 Å². The summed E-state index contributed by atoms with van der Waals surface area (Å²) in [4.78, 5) is 18.6. The summed E-state index contributed by atoms with van der Waals surface area (Å²) < 4.78 is 19.8. The molecule has 7 heteroatoms. The number of halogens is 1. The minimum absolute atomic E-state index is 0.192.